The molecule has 0 aromatic heterocycles. The molecule has 2 aliphatic rings. The highest BCUT2D eigenvalue weighted by atomic mass is 16.6. The van der Waals surface area contributed by atoms with Gasteiger partial charge in [-0.05, 0) is 74.9 Å². The quantitative estimate of drug-likeness (QED) is 0.887. The predicted octanol–water partition coefficient (Wildman–Crippen LogP) is 2.62. The first-order chi connectivity index (χ1) is 9.25. The second-order valence-electron chi connectivity index (χ2n) is 5.73. The Labute approximate surface area is 115 Å². The molecular formula is C16H23NO2. The topological polar surface area (TPSA) is 30.5 Å². The van der Waals surface area contributed by atoms with Crippen molar-refractivity contribution in [3.05, 3.63) is 22.8 Å². The van der Waals surface area contributed by atoms with Gasteiger partial charge >= 0.3 is 0 Å². The van der Waals surface area contributed by atoms with Crippen molar-refractivity contribution in [2.45, 2.75) is 33.1 Å². The maximum absolute atomic E-state index is 5.75. The Morgan fingerprint density at radius 1 is 1.21 bits per heavy atom. The number of benzene rings is 1. The Morgan fingerprint density at radius 3 is 2.84 bits per heavy atom. The van der Waals surface area contributed by atoms with Crippen molar-refractivity contribution in [2.24, 2.45) is 5.92 Å². The van der Waals surface area contributed by atoms with Crippen LogP contribution in [0.25, 0.3) is 0 Å². The predicted molar refractivity (Wildman–Crippen MR) is 76.2 cm³/mol. The standard InChI is InChI=1S/C16H23NO2/c1-11-12(2)16-15(18-6-7-19-16)9-14(11)8-13-4-3-5-17-10-13/h9,13,17H,3-8,10H2,1-2H3. The van der Waals surface area contributed by atoms with Gasteiger partial charge in [-0.25, -0.2) is 0 Å². The molecule has 0 saturated carbocycles. The maximum atomic E-state index is 5.75. The molecule has 3 heteroatoms. The summed E-state index contributed by atoms with van der Waals surface area (Å²) in [4.78, 5) is 0. The lowest BCUT2D eigenvalue weighted by Crippen LogP contribution is -2.31. The van der Waals surface area contributed by atoms with Gasteiger partial charge in [0.1, 0.15) is 13.2 Å². The van der Waals surface area contributed by atoms with Crippen molar-refractivity contribution in [3.8, 4) is 11.5 Å². The zero-order valence-corrected chi connectivity index (χ0v) is 11.9. The van der Waals surface area contributed by atoms with Crippen LogP contribution in [0.5, 0.6) is 11.5 Å². The lowest BCUT2D eigenvalue weighted by Gasteiger charge is -2.26. The van der Waals surface area contributed by atoms with Crippen molar-refractivity contribution in [1.82, 2.24) is 5.32 Å². The highest BCUT2D eigenvalue weighted by Crippen LogP contribution is 2.38. The second kappa shape index (κ2) is 5.41. The highest BCUT2D eigenvalue weighted by molar-refractivity contribution is 5.54. The second-order valence-corrected chi connectivity index (χ2v) is 5.73. The first-order valence-electron chi connectivity index (χ1n) is 7.35. The van der Waals surface area contributed by atoms with Crippen LogP contribution in [0.15, 0.2) is 6.07 Å². The van der Waals surface area contributed by atoms with Gasteiger partial charge in [-0.3, -0.25) is 0 Å². The molecule has 1 aromatic carbocycles. The van der Waals surface area contributed by atoms with E-state index in [0.29, 0.717) is 13.2 Å². The Bertz CT molecular complexity index is 464. The highest BCUT2D eigenvalue weighted by Gasteiger charge is 2.21. The van der Waals surface area contributed by atoms with E-state index in [1.807, 2.05) is 0 Å². The van der Waals surface area contributed by atoms with Crippen molar-refractivity contribution in [1.29, 1.82) is 0 Å². The van der Waals surface area contributed by atoms with Crippen LogP contribution in [-0.2, 0) is 6.42 Å². The van der Waals surface area contributed by atoms with E-state index in [0.717, 1.165) is 30.4 Å². The molecule has 19 heavy (non-hydrogen) atoms. The van der Waals surface area contributed by atoms with Crippen molar-refractivity contribution < 1.29 is 9.47 Å². The number of hydrogen-bond acceptors (Lipinski definition) is 3. The SMILES string of the molecule is Cc1c(CC2CCCNC2)cc2c(c1C)OCCO2. The van der Waals surface area contributed by atoms with Gasteiger partial charge in [-0.2, -0.15) is 0 Å². The number of fused-ring (bicyclic) bond motifs is 1. The Balaban J connectivity index is 1.86. The molecule has 1 saturated heterocycles. The third-order valence-corrected chi connectivity index (χ3v) is 4.41. The van der Waals surface area contributed by atoms with E-state index in [2.05, 4.69) is 25.2 Å². The largest absolute Gasteiger partial charge is 0.486 e. The smallest absolute Gasteiger partial charge is 0.164 e. The van der Waals surface area contributed by atoms with E-state index in [9.17, 15) is 0 Å². The van der Waals surface area contributed by atoms with Crippen LogP contribution in [0.4, 0.5) is 0 Å². The molecule has 3 rings (SSSR count). The Hall–Kier alpha value is -1.22. The number of hydrogen-bond donors (Lipinski definition) is 1. The molecule has 1 unspecified atom stereocenters. The summed E-state index contributed by atoms with van der Waals surface area (Å²) in [5, 5.41) is 3.50. The molecule has 3 nitrogen and oxygen atoms in total. The first kappa shape index (κ1) is 12.8. The summed E-state index contributed by atoms with van der Waals surface area (Å²) in [5.41, 5.74) is 4.04. The van der Waals surface area contributed by atoms with Crippen LogP contribution in [0.1, 0.15) is 29.5 Å². The van der Waals surface area contributed by atoms with Crippen molar-refractivity contribution in [2.75, 3.05) is 26.3 Å². The minimum Gasteiger partial charge on any atom is -0.486 e. The molecule has 0 spiro atoms. The average Bonchev–Trinajstić information content (AvgIpc) is 2.46. The molecule has 1 aromatic rings. The Morgan fingerprint density at radius 2 is 2.05 bits per heavy atom. The lowest BCUT2D eigenvalue weighted by molar-refractivity contribution is 0.170. The van der Waals surface area contributed by atoms with Crippen molar-refractivity contribution >= 4 is 0 Å². The number of piperidine rings is 1. The lowest BCUT2D eigenvalue weighted by atomic mass is 9.89. The van der Waals surface area contributed by atoms with E-state index in [1.165, 1.54) is 36.1 Å². The van der Waals surface area contributed by atoms with Crippen LogP contribution in [0, 0.1) is 19.8 Å². The van der Waals surface area contributed by atoms with E-state index < -0.39 is 0 Å². The third-order valence-electron chi connectivity index (χ3n) is 4.41. The van der Waals surface area contributed by atoms with Gasteiger partial charge in [0.15, 0.2) is 11.5 Å². The molecule has 2 aliphatic heterocycles. The molecule has 104 valence electrons. The molecule has 1 fully saturated rings. The summed E-state index contributed by atoms with van der Waals surface area (Å²) in [6.45, 7) is 8.01. The molecule has 0 amide bonds. The monoisotopic (exact) mass is 261 g/mol. The fourth-order valence-electron chi connectivity index (χ4n) is 3.13. The fraction of sp³-hybridized carbons (Fsp3) is 0.625. The zero-order chi connectivity index (χ0) is 13.2. The van der Waals surface area contributed by atoms with Gasteiger partial charge in [0.2, 0.25) is 0 Å². The summed E-state index contributed by atoms with van der Waals surface area (Å²) in [5.74, 6) is 2.65. The summed E-state index contributed by atoms with van der Waals surface area (Å²) in [6.07, 6.45) is 3.78. The van der Waals surface area contributed by atoms with Crippen LogP contribution in [0.2, 0.25) is 0 Å². The van der Waals surface area contributed by atoms with Gasteiger partial charge in [0.05, 0.1) is 0 Å². The average molecular weight is 261 g/mol. The van der Waals surface area contributed by atoms with E-state index in [-0.39, 0.29) is 0 Å². The Kier molecular flexibility index (Phi) is 3.65. The van der Waals surface area contributed by atoms with Crippen molar-refractivity contribution in [3.63, 3.8) is 0 Å². The van der Waals surface area contributed by atoms with Crippen LogP contribution >= 0.6 is 0 Å². The maximum Gasteiger partial charge on any atom is 0.164 e. The van der Waals surface area contributed by atoms with E-state index in [1.54, 1.807) is 0 Å². The van der Waals surface area contributed by atoms with Crippen LogP contribution in [0.3, 0.4) is 0 Å². The first-order valence-corrected chi connectivity index (χ1v) is 7.35. The normalized spacial score (nSPS) is 22.3. The molecule has 2 heterocycles. The van der Waals surface area contributed by atoms with Gasteiger partial charge in [-0.15, -0.1) is 0 Å². The minimum absolute atomic E-state index is 0.666. The number of nitrogens with one attached hydrogen (secondary N) is 1. The fourth-order valence-corrected chi connectivity index (χ4v) is 3.13. The molecule has 0 bridgehead atoms. The van der Waals surface area contributed by atoms with Gasteiger partial charge in [0.25, 0.3) is 0 Å². The van der Waals surface area contributed by atoms with E-state index >= 15 is 0 Å². The number of ether oxygens (including phenoxy) is 2. The molecule has 0 aliphatic carbocycles. The third kappa shape index (κ3) is 2.57. The summed E-state index contributed by atoms with van der Waals surface area (Å²) < 4.78 is 11.5. The molecule has 1 atom stereocenters. The molecule has 1 N–H and O–H groups in total. The van der Waals surface area contributed by atoms with Gasteiger partial charge < -0.3 is 14.8 Å². The minimum atomic E-state index is 0.666. The summed E-state index contributed by atoms with van der Waals surface area (Å²) in [7, 11) is 0. The summed E-state index contributed by atoms with van der Waals surface area (Å²) in [6, 6.07) is 2.20. The van der Waals surface area contributed by atoms with E-state index in [4.69, 9.17) is 9.47 Å². The van der Waals surface area contributed by atoms with Crippen LogP contribution in [-0.4, -0.2) is 26.3 Å². The molecule has 0 radical (unpaired) electrons. The van der Waals surface area contributed by atoms with Crippen LogP contribution < -0.4 is 14.8 Å². The van der Waals surface area contributed by atoms with Gasteiger partial charge in [-0.1, -0.05) is 0 Å². The number of rotatable bonds is 2. The van der Waals surface area contributed by atoms with Gasteiger partial charge in [0, 0.05) is 0 Å². The summed E-state index contributed by atoms with van der Waals surface area (Å²) >= 11 is 0. The molecular weight excluding hydrogens is 238 g/mol. The zero-order valence-electron chi connectivity index (χ0n) is 11.9.